The van der Waals surface area contributed by atoms with Crippen LogP contribution >= 0.6 is 15.9 Å². The molecule has 0 heterocycles. The molecule has 0 N–H and O–H groups in total. The summed E-state index contributed by atoms with van der Waals surface area (Å²) in [5, 5.41) is 0.0714. The number of rotatable bonds is 1. The van der Waals surface area contributed by atoms with E-state index in [9.17, 15) is 0 Å². The molecule has 0 bridgehead atoms. The molecule has 0 aliphatic heterocycles. The summed E-state index contributed by atoms with van der Waals surface area (Å²) in [6, 6.07) is 4.50. The Hall–Kier alpha value is -1.60. The Morgan fingerprint density at radius 2 is 1.76 bits per heavy atom. The molecule has 82 valence electrons. The lowest BCUT2D eigenvalue weighted by atomic mass is 9.98. The van der Waals surface area contributed by atoms with E-state index >= 15 is 0 Å². The van der Waals surface area contributed by atoms with Gasteiger partial charge in [-0.05, 0) is 34.0 Å². The molecular weight excluding hydrogens is 272 g/mol. The number of benzene rings is 3. The van der Waals surface area contributed by atoms with Crippen molar-refractivity contribution in [3.8, 4) is 11.1 Å². The first kappa shape index (κ1) is 5.36. The van der Waals surface area contributed by atoms with E-state index in [2.05, 4.69) is 15.9 Å². The third-order valence-electron chi connectivity index (χ3n) is 2.43. The molecule has 0 saturated carbocycles. The molecule has 0 unspecified atom stereocenters. The highest BCUT2D eigenvalue weighted by atomic mass is 79.9. The number of fused-ring (bicyclic) bond motifs is 1. The van der Waals surface area contributed by atoms with Crippen molar-refractivity contribution in [2.45, 2.75) is 0 Å². The predicted molar refractivity (Wildman–Crippen MR) is 77.1 cm³/mol. The number of hydrogen-bond donors (Lipinski definition) is 0. The Balaban J connectivity index is 2.64. The van der Waals surface area contributed by atoms with E-state index in [1.807, 2.05) is 0 Å². The Labute approximate surface area is 119 Å². The molecule has 0 radical (unpaired) electrons. The van der Waals surface area contributed by atoms with Gasteiger partial charge in [-0.15, -0.1) is 0 Å². The van der Waals surface area contributed by atoms with Crippen LogP contribution in [-0.4, -0.2) is 0 Å². The zero-order chi connectivity index (χ0) is 17.8. The van der Waals surface area contributed by atoms with Crippen LogP contribution in [0.25, 0.3) is 21.9 Å². The van der Waals surface area contributed by atoms with E-state index in [4.69, 9.17) is 9.60 Å². The predicted octanol–water partition coefficient (Wildman–Crippen LogP) is 5.27. The summed E-state index contributed by atoms with van der Waals surface area (Å²) < 4.78 is 57.0. The van der Waals surface area contributed by atoms with Crippen LogP contribution in [0, 0.1) is 0 Å². The van der Waals surface area contributed by atoms with Crippen molar-refractivity contribution in [2.24, 2.45) is 0 Å². The van der Waals surface area contributed by atoms with Crippen molar-refractivity contribution in [1.82, 2.24) is 0 Å². The largest absolute Gasteiger partial charge is 0.0629 e. The standard InChI is InChI=1S/C16H11Br/c17-14-8-3-7-13(11-14)16-10-4-6-12-5-1-2-9-15(12)16/h1-11H/i1D,2D,4D,5D,6D,9D,10D. The number of halogens is 1. The van der Waals surface area contributed by atoms with E-state index in [0.717, 1.165) is 4.47 Å². The molecule has 0 spiro atoms. The van der Waals surface area contributed by atoms with Crippen LogP contribution in [0.2, 0.25) is 0 Å². The second kappa shape index (κ2) is 4.34. The lowest BCUT2D eigenvalue weighted by molar-refractivity contribution is 1.62. The molecule has 0 atom stereocenters. The lowest BCUT2D eigenvalue weighted by Crippen LogP contribution is -1.80. The highest BCUT2D eigenvalue weighted by Crippen LogP contribution is 2.29. The first-order valence-electron chi connectivity index (χ1n) is 8.51. The Kier molecular flexibility index (Phi) is 1.37. The van der Waals surface area contributed by atoms with Gasteiger partial charge in [-0.25, -0.2) is 0 Å². The van der Waals surface area contributed by atoms with E-state index in [0.29, 0.717) is 5.56 Å². The van der Waals surface area contributed by atoms with E-state index < -0.39 is 12.1 Å². The molecule has 0 aliphatic carbocycles. The van der Waals surface area contributed by atoms with Crippen molar-refractivity contribution >= 4 is 26.7 Å². The molecule has 0 fully saturated rings. The van der Waals surface area contributed by atoms with Crippen LogP contribution in [0.5, 0.6) is 0 Å². The van der Waals surface area contributed by atoms with Crippen LogP contribution in [0.1, 0.15) is 9.60 Å². The fraction of sp³-hybridized carbons (Fsp3) is 0. The quantitative estimate of drug-likeness (QED) is 0.572. The van der Waals surface area contributed by atoms with E-state index in [1.54, 1.807) is 24.3 Å². The van der Waals surface area contributed by atoms with Crippen LogP contribution in [0.3, 0.4) is 0 Å². The molecule has 17 heavy (non-hydrogen) atoms. The van der Waals surface area contributed by atoms with E-state index in [1.165, 1.54) is 0 Å². The van der Waals surface area contributed by atoms with Crippen molar-refractivity contribution in [3.05, 3.63) is 71.0 Å². The molecule has 0 saturated heterocycles. The molecule has 0 aliphatic rings. The topological polar surface area (TPSA) is 0 Å². The SMILES string of the molecule is [2H]c1c([2H])c([2H])c2c(-c3cccc(Br)c3)c([2H])c([2H])c([2H])c2c1[2H]. The van der Waals surface area contributed by atoms with Crippen molar-refractivity contribution < 1.29 is 9.60 Å². The van der Waals surface area contributed by atoms with Crippen LogP contribution in [0.4, 0.5) is 0 Å². The second-order valence-electron chi connectivity index (χ2n) is 3.51. The fourth-order valence-electron chi connectivity index (χ4n) is 1.67. The molecule has 0 aromatic heterocycles. The molecular formula is C16H11Br. The third-order valence-corrected chi connectivity index (χ3v) is 2.92. The first-order valence-corrected chi connectivity index (χ1v) is 5.80. The zero-order valence-electron chi connectivity index (χ0n) is 15.7. The molecule has 1 heteroatoms. The summed E-state index contributed by atoms with van der Waals surface area (Å²) in [5.74, 6) is 0. The molecule has 0 amide bonds. The first-order chi connectivity index (χ1) is 11.3. The van der Waals surface area contributed by atoms with Crippen molar-refractivity contribution in [3.63, 3.8) is 0 Å². The summed E-state index contributed by atoms with van der Waals surface area (Å²) in [6.07, 6.45) is 0. The maximum Gasteiger partial charge on any atom is 0.0629 e. The Bertz CT molecular complexity index is 990. The van der Waals surface area contributed by atoms with Gasteiger partial charge >= 0.3 is 0 Å². The minimum absolute atomic E-state index is 0.0306. The van der Waals surface area contributed by atoms with Gasteiger partial charge in [0.2, 0.25) is 0 Å². The number of hydrogen-bond acceptors (Lipinski definition) is 0. The minimum Gasteiger partial charge on any atom is -0.0616 e. The summed E-state index contributed by atoms with van der Waals surface area (Å²) >= 11 is 3.34. The van der Waals surface area contributed by atoms with Crippen LogP contribution in [-0.2, 0) is 0 Å². The summed E-state index contributed by atoms with van der Waals surface area (Å²) in [5.41, 5.74) is 0.789. The van der Waals surface area contributed by atoms with Gasteiger partial charge in [0.25, 0.3) is 0 Å². The van der Waals surface area contributed by atoms with Gasteiger partial charge in [-0.2, -0.15) is 0 Å². The Morgan fingerprint density at radius 1 is 0.941 bits per heavy atom. The zero-order valence-corrected chi connectivity index (χ0v) is 10.3. The van der Waals surface area contributed by atoms with Gasteiger partial charge in [0.15, 0.2) is 0 Å². The molecule has 0 nitrogen and oxygen atoms in total. The van der Waals surface area contributed by atoms with Gasteiger partial charge < -0.3 is 0 Å². The second-order valence-corrected chi connectivity index (χ2v) is 4.43. The van der Waals surface area contributed by atoms with Gasteiger partial charge in [0.1, 0.15) is 0 Å². The van der Waals surface area contributed by atoms with Gasteiger partial charge in [0, 0.05) is 4.47 Å². The smallest absolute Gasteiger partial charge is 0.0616 e. The maximum absolute atomic E-state index is 8.24. The van der Waals surface area contributed by atoms with Crippen LogP contribution < -0.4 is 0 Å². The Morgan fingerprint density at radius 3 is 2.65 bits per heavy atom. The summed E-state index contributed by atoms with van der Waals surface area (Å²) in [6.45, 7) is 0. The van der Waals surface area contributed by atoms with E-state index in [-0.39, 0.29) is 46.5 Å². The summed E-state index contributed by atoms with van der Waals surface area (Å²) in [7, 11) is 0. The summed E-state index contributed by atoms with van der Waals surface area (Å²) in [4.78, 5) is 0. The molecule has 3 aromatic carbocycles. The molecule has 3 rings (SSSR count). The highest BCUT2D eigenvalue weighted by molar-refractivity contribution is 9.10. The average molecular weight is 290 g/mol. The molecule has 3 aromatic rings. The van der Waals surface area contributed by atoms with Crippen molar-refractivity contribution in [2.75, 3.05) is 0 Å². The van der Waals surface area contributed by atoms with Gasteiger partial charge in [-0.3, -0.25) is 0 Å². The normalized spacial score (nSPS) is 16.4. The minimum atomic E-state index is -0.446. The third kappa shape index (κ3) is 1.98. The average Bonchev–Trinajstić information content (AvgIpc) is 2.55. The maximum atomic E-state index is 8.24. The monoisotopic (exact) mass is 289 g/mol. The van der Waals surface area contributed by atoms with Gasteiger partial charge in [-0.1, -0.05) is 70.4 Å². The fourth-order valence-corrected chi connectivity index (χ4v) is 2.07. The van der Waals surface area contributed by atoms with Gasteiger partial charge in [0.05, 0.1) is 9.60 Å². The van der Waals surface area contributed by atoms with Crippen molar-refractivity contribution in [1.29, 1.82) is 0 Å². The van der Waals surface area contributed by atoms with Crippen LogP contribution in [0.15, 0.2) is 71.0 Å². The highest BCUT2D eigenvalue weighted by Gasteiger charge is 2.02. The lowest BCUT2D eigenvalue weighted by Gasteiger charge is -2.07.